The summed E-state index contributed by atoms with van der Waals surface area (Å²) in [4.78, 5) is 8.60. The summed E-state index contributed by atoms with van der Waals surface area (Å²) < 4.78 is 19.1. The van der Waals surface area contributed by atoms with Gasteiger partial charge in [0.05, 0.1) is 13.2 Å². The van der Waals surface area contributed by atoms with Crippen LogP contribution in [-0.4, -0.2) is 54.1 Å². The lowest BCUT2D eigenvalue weighted by Crippen LogP contribution is -2.47. The van der Waals surface area contributed by atoms with E-state index in [4.69, 9.17) is 4.74 Å². The molecule has 1 unspecified atom stereocenters. The fourth-order valence-electron chi connectivity index (χ4n) is 2.33. The Bertz CT molecular complexity index is 481. The van der Waals surface area contributed by atoms with Crippen molar-refractivity contribution >= 4 is 29.9 Å². The van der Waals surface area contributed by atoms with Crippen LogP contribution in [-0.2, 0) is 24.3 Å². The molecule has 9 heteroatoms. The van der Waals surface area contributed by atoms with Crippen molar-refractivity contribution in [3.63, 3.8) is 0 Å². The van der Waals surface area contributed by atoms with E-state index < -0.39 is 0 Å². The maximum Gasteiger partial charge on any atom is 0.191 e. The highest BCUT2D eigenvalue weighted by Crippen LogP contribution is 2.13. The Kier molecular flexibility index (Phi) is 8.61. The first kappa shape index (κ1) is 19.1. The highest BCUT2D eigenvalue weighted by atomic mass is 127. The molecule has 0 amide bonds. The summed E-state index contributed by atoms with van der Waals surface area (Å²) in [6, 6.07) is 0.242. The summed E-state index contributed by atoms with van der Waals surface area (Å²) >= 11 is 0. The summed E-state index contributed by atoms with van der Waals surface area (Å²) in [5.41, 5.74) is 0. The van der Waals surface area contributed by atoms with Gasteiger partial charge in [-0.15, -0.1) is 24.0 Å². The Morgan fingerprint density at radius 3 is 3.05 bits per heavy atom. The van der Waals surface area contributed by atoms with E-state index in [0.717, 1.165) is 31.0 Å². The van der Waals surface area contributed by atoms with Crippen LogP contribution < -0.4 is 10.6 Å². The minimum absolute atomic E-state index is 0. The average molecular weight is 426 g/mol. The number of ether oxygens (including phenoxy) is 1. The number of fused-ring (bicyclic) bond motifs is 1. The maximum atomic E-state index is 12.1. The molecule has 0 spiro atoms. The summed E-state index contributed by atoms with van der Waals surface area (Å²) in [6.07, 6.45) is 2.32. The molecule has 1 aliphatic heterocycles. The van der Waals surface area contributed by atoms with Gasteiger partial charge in [0.25, 0.3) is 0 Å². The van der Waals surface area contributed by atoms with Gasteiger partial charge in [0, 0.05) is 33.2 Å². The first-order valence-electron chi connectivity index (χ1n) is 7.21. The van der Waals surface area contributed by atoms with Crippen molar-refractivity contribution in [2.45, 2.75) is 38.5 Å². The minimum Gasteiger partial charge on any atom is -0.377 e. The second-order valence-corrected chi connectivity index (χ2v) is 4.98. The molecule has 126 valence electrons. The van der Waals surface area contributed by atoms with E-state index in [0.29, 0.717) is 25.5 Å². The SMILES string of the molecule is CN=C(NCCCF)NC1CCc2nc(COC)nn2C1.I. The molecule has 2 N–H and O–H groups in total. The molecular weight excluding hydrogens is 402 g/mol. The quantitative estimate of drug-likeness (QED) is 0.306. The predicted octanol–water partition coefficient (Wildman–Crippen LogP) is 0.882. The van der Waals surface area contributed by atoms with E-state index >= 15 is 0 Å². The van der Waals surface area contributed by atoms with Gasteiger partial charge in [-0.1, -0.05) is 0 Å². The number of aromatic nitrogens is 3. The molecule has 0 saturated carbocycles. The number of halogens is 2. The number of nitrogens with one attached hydrogen (secondary N) is 2. The van der Waals surface area contributed by atoms with Crippen LogP contribution in [0.5, 0.6) is 0 Å². The average Bonchev–Trinajstić information content (AvgIpc) is 2.88. The Morgan fingerprint density at radius 2 is 2.36 bits per heavy atom. The number of aryl methyl sites for hydroxylation is 1. The molecule has 1 atom stereocenters. The lowest BCUT2D eigenvalue weighted by molar-refractivity contribution is 0.177. The van der Waals surface area contributed by atoms with Crippen molar-refractivity contribution in [2.75, 3.05) is 27.4 Å². The Labute approximate surface area is 147 Å². The highest BCUT2D eigenvalue weighted by molar-refractivity contribution is 14.0. The molecule has 1 aromatic rings. The Hall–Kier alpha value is -0.970. The van der Waals surface area contributed by atoms with Crippen molar-refractivity contribution in [3.8, 4) is 0 Å². The molecule has 0 aromatic carbocycles. The van der Waals surface area contributed by atoms with E-state index in [1.165, 1.54) is 0 Å². The zero-order valence-corrected chi connectivity index (χ0v) is 15.3. The van der Waals surface area contributed by atoms with Crippen molar-refractivity contribution in [1.29, 1.82) is 0 Å². The summed E-state index contributed by atoms with van der Waals surface area (Å²) in [5, 5.41) is 10.9. The highest BCUT2D eigenvalue weighted by Gasteiger charge is 2.22. The van der Waals surface area contributed by atoms with Crippen molar-refractivity contribution < 1.29 is 9.13 Å². The van der Waals surface area contributed by atoms with Gasteiger partial charge in [-0.2, -0.15) is 5.10 Å². The molecule has 0 fully saturated rings. The fourth-order valence-corrected chi connectivity index (χ4v) is 2.33. The fraction of sp³-hybridized carbons (Fsp3) is 0.769. The smallest absolute Gasteiger partial charge is 0.191 e. The van der Waals surface area contributed by atoms with Crippen LogP contribution in [0.4, 0.5) is 4.39 Å². The van der Waals surface area contributed by atoms with E-state index in [2.05, 4.69) is 25.7 Å². The van der Waals surface area contributed by atoms with Gasteiger partial charge in [0.2, 0.25) is 0 Å². The van der Waals surface area contributed by atoms with E-state index in [9.17, 15) is 4.39 Å². The van der Waals surface area contributed by atoms with E-state index in [-0.39, 0.29) is 36.7 Å². The van der Waals surface area contributed by atoms with Gasteiger partial charge < -0.3 is 15.4 Å². The molecule has 0 radical (unpaired) electrons. The van der Waals surface area contributed by atoms with Crippen molar-refractivity contribution in [3.05, 3.63) is 11.6 Å². The first-order chi connectivity index (χ1) is 10.3. The molecule has 0 aliphatic carbocycles. The summed E-state index contributed by atoms with van der Waals surface area (Å²) in [5.74, 6) is 2.42. The second-order valence-electron chi connectivity index (χ2n) is 4.98. The molecule has 22 heavy (non-hydrogen) atoms. The van der Waals surface area contributed by atoms with Crippen LogP contribution >= 0.6 is 24.0 Å². The first-order valence-corrected chi connectivity index (χ1v) is 7.21. The van der Waals surface area contributed by atoms with Gasteiger partial charge >= 0.3 is 0 Å². The van der Waals surface area contributed by atoms with Crippen LogP contribution in [0.25, 0.3) is 0 Å². The van der Waals surface area contributed by atoms with Gasteiger partial charge in [-0.05, 0) is 12.8 Å². The minimum atomic E-state index is -0.321. The third-order valence-electron chi connectivity index (χ3n) is 3.34. The third kappa shape index (κ3) is 5.34. The predicted molar refractivity (Wildman–Crippen MR) is 93.3 cm³/mol. The van der Waals surface area contributed by atoms with Crippen LogP contribution in [0.15, 0.2) is 4.99 Å². The molecular formula is C13H24FIN6O. The molecule has 0 bridgehead atoms. The van der Waals surface area contributed by atoms with Crippen molar-refractivity contribution in [2.24, 2.45) is 4.99 Å². The topological polar surface area (TPSA) is 76.4 Å². The number of alkyl halides is 1. The number of hydrogen-bond donors (Lipinski definition) is 2. The third-order valence-corrected chi connectivity index (χ3v) is 3.34. The number of guanidine groups is 1. The number of nitrogens with zero attached hydrogens (tertiary/aromatic N) is 4. The molecule has 2 rings (SSSR count). The number of rotatable bonds is 6. The monoisotopic (exact) mass is 426 g/mol. The van der Waals surface area contributed by atoms with Gasteiger partial charge in [0.1, 0.15) is 12.4 Å². The van der Waals surface area contributed by atoms with Crippen LogP contribution in [0, 0.1) is 0 Å². The standard InChI is InChI=1S/C13H23FN6O.HI/c1-15-13(16-7-3-6-14)17-10-4-5-12-18-11(9-21-2)19-20(12)8-10;/h10H,3-9H2,1-2H3,(H2,15,16,17);1H. The molecule has 7 nitrogen and oxygen atoms in total. The maximum absolute atomic E-state index is 12.1. The van der Waals surface area contributed by atoms with Crippen molar-refractivity contribution in [1.82, 2.24) is 25.4 Å². The number of methoxy groups -OCH3 is 1. The molecule has 0 saturated heterocycles. The van der Waals surface area contributed by atoms with Gasteiger partial charge in [-0.25, -0.2) is 9.67 Å². The van der Waals surface area contributed by atoms with Gasteiger partial charge in [0.15, 0.2) is 11.8 Å². The lowest BCUT2D eigenvalue weighted by atomic mass is 10.1. The second kappa shape index (κ2) is 9.93. The van der Waals surface area contributed by atoms with E-state index in [1.807, 2.05) is 4.68 Å². The largest absolute Gasteiger partial charge is 0.377 e. The summed E-state index contributed by atoms with van der Waals surface area (Å²) in [7, 11) is 3.35. The number of aliphatic imine (C=N–C) groups is 1. The summed E-state index contributed by atoms with van der Waals surface area (Å²) in [6.45, 7) is 1.44. The normalized spacial score (nSPS) is 17.6. The number of hydrogen-bond acceptors (Lipinski definition) is 4. The molecule has 2 heterocycles. The zero-order valence-electron chi connectivity index (χ0n) is 13.0. The van der Waals surface area contributed by atoms with E-state index in [1.54, 1.807) is 14.2 Å². The Balaban J connectivity index is 0.00000242. The van der Waals surface area contributed by atoms with Crippen LogP contribution in [0.1, 0.15) is 24.5 Å². The van der Waals surface area contributed by atoms with Gasteiger partial charge in [-0.3, -0.25) is 9.38 Å². The van der Waals surface area contributed by atoms with Crippen LogP contribution in [0.3, 0.4) is 0 Å². The lowest BCUT2D eigenvalue weighted by Gasteiger charge is -2.25. The van der Waals surface area contributed by atoms with Crippen LogP contribution in [0.2, 0.25) is 0 Å². The molecule has 1 aliphatic rings. The molecule has 1 aromatic heterocycles. The zero-order chi connectivity index (χ0) is 15.1. The Morgan fingerprint density at radius 1 is 1.55 bits per heavy atom.